The van der Waals surface area contributed by atoms with Crippen LogP contribution in [0.1, 0.15) is 25.1 Å². The van der Waals surface area contributed by atoms with Crippen LogP contribution in [0.4, 0.5) is 23.0 Å². The molecular formula is C34H43N7O4S. The Labute approximate surface area is 271 Å². The molecule has 0 fully saturated rings. The first-order valence-electron chi connectivity index (χ1n) is 15.3. The number of anilines is 4. The van der Waals surface area contributed by atoms with Crippen molar-refractivity contribution in [3.05, 3.63) is 66.0 Å². The summed E-state index contributed by atoms with van der Waals surface area (Å²) in [5.41, 5.74) is 5.71. The fourth-order valence-electron chi connectivity index (χ4n) is 5.54. The second-order valence-electron chi connectivity index (χ2n) is 12.3. The van der Waals surface area contributed by atoms with E-state index in [1.807, 2.05) is 95.3 Å². The lowest BCUT2D eigenvalue weighted by Crippen LogP contribution is -2.29. The zero-order valence-corrected chi connectivity index (χ0v) is 28.4. The van der Waals surface area contributed by atoms with Gasteiger partial charge in [-0.15, -0.1) is 0 Å². The van der Waals surface area contributed by atoms with Crippen molar-refractivity contribution in [3.63, 3.8) is 0 Å². The van der Waals surface area contributed by atoms with Crippen LogP contribution in [0.5, 0.6) is 5.75 Å². The number of aromatic nitrogens is 3. The van der Waals surface area contributed by atoms with E-state index >= 15 is 0 Å². The Kier molecular flexibility index (Phi) is 9.68. The van der Waals surface area contributed by atoms with E-state index in [0.29, 0.717) is 46.4 Å². The molecule has 2 N–H and O–H groups in total. The summed E-state index contributed by atoms with van der Waals surface area (Å²) in [5.74, 6) is 0.758. The van der Waals surface area contributed by atoms with Gasteiger partial charge in [-0.05, 0) is 38.2 Å². The third-order valence-electron chi connectivity index (χ3n) is 8.01. The third-order valence-corrected chi connectivity index (χ3v) is 9.56. The van der Waals surface area contributed by atoms with E-state index in [1.54, 1.807) is 13.2 Å². The summed E-state index contributed by atoms with van der Waals surface area (Å²) in [5, 5.41) is 7.36. The van der Waals surface area contributed by atoms with Crippen molar-refractivity contribution in [3.8, 4) is 17.0 Å². The van der Waals surface area contributed by atoms with Crippen LogP contribution >= 0.6 is 0 Å². The molecule has 0 radical (unpaired) electrons. The van der Waals surface area contributed by atoms with Crippen molar-refractivity contribution in [1.82, 2.24) is 19.4 Å². The van der Waals surface area contributed by atoms with Crippen molar-refractivity contribution in [1.29, 1.82) is 0 Å². The first-order chi connectivity index (χ1) is 21.8. The maximum absolute atomic E-state index is 13.0. The molecule has 2 aromatic carbocycles. The van der Waals surface area contributed by atoms with E-state index in [1.165, 1.54) is 0 Å². The molecule has 2 aromatic heterocycles. The molecule has 0 spiro atoms. The number of nitrogens with one attached hydrogen (secondary N) is 2. The molecule has 12 heteroatoms. The van der Waals surface area contributed by atoms with Crippen LogP contribution in [0.3, 0.4) is 0 Å². The molecule has 0 atom stereocenters. The predicted octanol–water partition coefficient (Wildman–Crippen LogP) is 5.01. The maximum Gasteiger partial charge on any atom is 0.248 e. The Morgan fingerprint density at radius 2 is 1.87 bits per heavy atom. The highest BCUT2D eigenvalue weighted by atomic mass is 32.2. The van der Waals surface area contributed by atoms with E-state index in [4.69, 9.17) is 14.7 Å². The van der Waals surface area contributed by atoms with Crippen molar-refractivity contribution >= 4 is 49.7 Å². The number of carbonyl (C=O) groups is 1. The molecule has 3 heterocycles. The second kappa shape index (κ2) is 13.5. The average molecular weight is 646 g/mol. The summed E-state index contributed by atoms with van der Waals surface area (Å²) in [6.07, 6.45) is 5.67. The molecule has 244 valence electrons. The van der Waals surface area contributed by atoms with Gasteiger partial charge in [0, 0.05) is 67.9 Å². The highest BCUT2D eigenvalue weighted by Crippen LogP contribution is 2.40. The number of hydrogen-bond acceptors (Lipinski definition) is 9. The number of methoxy groups -OCH3 is 1. The van der Waals surface area contributed by atoms with Gasteiger partial charge in [-0.3, -0.25) is 4.79 Å². The molecule has 11 nitrogen and oxygen atoms in total. The molecule has 0 bridgehead atoms. The number of fused-ring (bicyclic) bond motifs is 2. The zero-order valence-electron chi connectivity index (χ0n) is 27.6. The molecular weight excluding hydrogens is 602 g/mol. The monoisotopic (exact) mass is 645 g/mol. The number of ether oxygens (including phenoxy) is 1. The Balaban J connectivity index is 1.61. The third kappa shape index (κ3) is 7.34. The van der Waals surface area contributed by atoms with Gasteiger partial charge >= 0.3 is 0 Å². The van der Waals surface area contributed by atoms with Gasteiger partial charge in [0.2, 0.25) is 11.9 Å². The van der Waals surface area contributed by atoms with Crippen molar-refractivity contribution < 1.29 is 17.9 Å². The molecule has 1 aliphatic heterocycles. The summed E-state index contributed by atoms with van der Waals surface area (Å²) in [6, 6.07) is 11.7. The molecule has 1 aliphatic rings. The molecule has 4 aromatic rings. The first kappa shape index (κ1) is 33.0. The van der Waals surface area contributed by atoms with Crippen molar-refractivity contribution in [2.75, 3.05) is 62.6 Å². The number of hydrogen-bond donors (Lipinski definition) is 2. The normalized spacial score (nSPS) is 14.2. The van der Waals surface area contributed by atoms with Crippen LogP contribution in [0, 0.1) is 5.92 Å². The highest BCUT2D eigenvalue weighted by molar-refractivity contribution is 7.90. The van der Waals surface area contributed by atoms with E-state index in [9.17, 15) is 13.2 Å². The Morgan fingerprint density at radius 1 is 1.11 bits per heavy atom. The lowest BCUT2D eigenvalue weighted by atomic mass is 10.0. The van der Waals surface area contributed by atoms with E-state index in [0.717, 1.165) is 35.2 Å². The van der Waals surface area contributed by atoms with E-state index < -0.39 is 9.84 Å². The molecule has 1 amide bonds. The summed E-state index contributed by atoms with van der Waals surface area (Å²) >= 11 is 0. The van der Waals surface area contributed by atoms with Crippen molar-refractivity contribution in [2.24, 2.45) is 13.0 Å². The van der Waals surface area contributed by atoms with Crippen LogP contribution in [-0.2, 0) is 33.9 Å². The van der Waals surface area contributed by atoms with Gasteiger partial charge in [-0.1, -0.05) is 38.1 Å². The number of sulfone groups is 1. The minimum atomic E-state index is -3.29. The second-order valence-corrected chi connectivity index (χ2v) is 14.5. The Morgan fingerprint density at radius 3 is 2.59 bits per heavy atom. The number of para-hydroxylation sites is 1. The van der Waals surface area contributed by atoms with Gasteiger partial charge < -0.3 is 29.7 Å². The summed E-state index contributed by atoms with van der Waals surface area (Å²) < 4.78 is 33.4. The number of carbonyl (C=O) groups excluding carboxylic acids is 1. The van der Waals surface area contributed by atoms with Crippen LogP contribution in [0.2, 0.25) is 0 Å². The molecule has 5 rings (SSSR count). The Hall–Kier alpha value is -4.42. The van der Waals surface area contributed by atoms with E-state index in [2.05, 4.69) is 20.4 Å². The Bertz CT molecular complexity index is 1900. The number of amides is 1. The summed E-state index contributed by atoms with van der Waals surface area (Å²) in [7, 11) is 6.27. The number of benzene rings is 2. The lowest BCUT2D eigenvalue weighted by molar-refractivity contribution is -0.111. The summed E-state index contributed by atoms with van der Waals surface area (Å²) in [4.78, 5) is 26.9. The standard InChI is InChI=1S/C34H43N7O4S/c1-22(2)12-13-32(42)35-27-18-28(31(45-7)19-30(27)40(5)16-15-39(3)4)37-34-36-26-14-17-46(43,44)21-25(26)33(38-34)24-20-41(6)29-11-9-8-10-23(24)29/h8-13,18-20,22H,14-17,21H2,1-7H3,(H,35,42)(H,36,37,38)/b13-12-. The van der Waals surface area contributed by atoms with Crippen LogP contribution in [-0.4, -0.2) is 80.9 Å². The minimum Gasteiger partial charge on any atom is -0.494 e. The van der Waals surface area contributed by atoms with Crippen LogP contribution in [0.15, 0.2) is 54.7 Å². The smallest absolute Gasteiger partial charge is 0.248 e. The minimum absolute atomic E-state index is 0.0306. The van der Waals surface area contributed by atoms with Gasteiger partial charge in [0.15, 0.2) is 9.84 Å². The van der Waals surface area contributed by atoms with Gasteiger partial charge in [0.25, 0.3) is 0 Å². The topological polar surface area (TPSA) is 122 Å². The van der Waals surface area contributed by atoms with Gasteiger partial charge in [0.05, 0.1) is 47.1 Å². The largest absolute Gasteiger partial charge is 0.494 e. The molecule has 0 saturated carbocycles. The number of aryl methyl sites for hydroxylation is 2. The number of allylic oxidation sites excluding steroid dienone is 1. The summed E-state index contributed by atoms with van der Waals surface area (Å²) in [6.45, 7) is 5.56. The fraction of sp³-hybridized carbons (Fsp3) is 0.382. The first-order valence-corrected chi connectivity index (χ1v) is 17.2. The average Bonchev–Trinajstić information content (AvgIpc) is 3.34. The van der Waals surface area contributed by atoms with E-state index in [-0.39, 0.29) is 23.3 Å². The quantitative estimate of drug-likeness (QED) is 0.217. The fourth-order valence-corrected chi connectivity index (χ4v) is 6.93. The van der Waals surface area contributed by atoms with Crippen LogP contribution in [0.25, 0.3) is 22.2 Å². The lowest BCUT2D eigenvalue weighted by Gasteiger charge is -2.26. The molecule has 46 heavy (non-hydrogen) atoms. The molecule has 0 unspecified atom stereocenters. The van der Waals surface area contributed by atoms with Gasteiger partial charge in [0.1, 0.15) is 5.75 Å². The maximum atomic E-state index is 13.0. The SMILES string of the molecule is COc1cc(N(C)CCN(C)C)c(NC(=O)/C=C\C(C)C)cc1Nc1nc2c(c(-c3cn(C)c4ccccc34)n1)CS(=O)(=O)CC2. The van der Waals surface area contributed by atoms with Gasteiger partial charge in [-0.25, -0.2) is 18.4 Å². The van der Waals surface area contributed by atoms with Crippen molar-refractivity contribution in [2.45, 2.75) is 26.0 Å². The molecule has 0 saturated heterocycles. The van der Waals surface area contributed by atoms with Gasteiger partial charge in [-0.2, -0.15) is 0 Å². The number of rotatable bonds is 11. The number of likely N-dealkylation sites (N-methyl/N-ethyl adjacent to an activating group) is 2. The predicted molar refractivity (Wildman–Crippen MR) is 186 cm³/mol. The highest BCUT2D eigenvalue weighted by Gasteiger charge is 2.29. The zero-order chi connectivity index (χ0) is 33.2. The number of nitrogens with zero attached hydrogens (tertiary/aromatic N) is 5. The van der Waals surface area contributed by atoms with Crippen LogP contribution < -0.4 is 20.3 Å². The molecule has 0 aliphatic carbocycles.